The van der Waals surface area contributed by atoms with Gasteiger partial charge >= 0.3 is 0 Å². The number of hydrogen-bond acceptors (Lipinski definition) is 4. The summed E-state index contributed by atoms with van der Waals surface area (Å²) in [5, 5.41) is 3.59. The molecular weight excluding hydrogens is 480 g/mol. The highest BCUT2D eigenvalue weighted by Crippen LogP contribution is 2.38. The van der Waals surface area contributed by atoms with Crippen molar-refractivity contribution in [1.29, 1.82) is 0 Å². The largest absolute Gasteiger partial charge is 0.496 e. The molecule has 0 saturated heterocycles. The molecule has 1 amide bonds. The molecule has 1 N–H and O–H groups in total. The van der Waals surface area contributed by atoms with Gasteiger partial charge in [0.15, 0.2) is 11.5 Å². The van der Waals surface area contributed by atoms with E-state index in [-0.39, 0.29) is 5.91 Å². The normalized spacial score (nSPS) is 13.1. The molecule has 0 bridgehead atoms. The Balaban J connectivity index is 1.91. The second-order valence-electron chi connectivity index (χ2n) is 5.25. The minimum absolute atomic E-state index is 0.316. The van der Waals surface area contributed by atoms with Gasteiger partial charge in [0.1, 0.15) is 5.75 Å². The summed E-state index contributed by atoms with van der Waals surface area (Å²) in [6.45, 7) is 1.11. The first-order chi connectivity index (χ1) is 12.0. The average molecular weight is 494 g/mol. The fraction of sp³-hybridized carbons (Fsp3) is 0.235. The number of benzene rings is 2. The lowest BCUT2D eigenvalue weighted by molar-refractivity contribution is 0.102. The predicted molar refractivity (Wildman–Crippen MR) is 106 cm³/mol. The van der Waals surface area contributed by atoms with E-state index in [1.807, 2.05) is 0 Å². The first-order valence-electron chi connectivity index (χ1n) is 7.43. The van der Waals surface area contributed by atoms with E-state index >= 15 is 0 Å². The molecule has 0 fully saturated rings. The van der Waals surface area contributed by atoms with Crippen molar-refractivity contribution < 1.29 is 19.0 Å². The van der Waals surface area contributed by atoms with Crippen LogP contribution >= 0.6 is 45.8 Å². The van der Waals surface area contributed by atoms with E-state index in [1.165, 1.54) is 7.11 Å². The number of hydrogen-bond donors (Lipinski definition) is 1. The molecule has 0 atom stereocenters. The second kappa shape index (κ2) is 7.88. The number of halogens is 3. The van der Waals surface area contributed by atoms with Gasteiger partial charge in [-0.05, 0) is 34.7 Å². The van der Waals surface area contributed by atoms with Crippen LogP contribution in [0, 0.1) is 3.57 Å². The van der Waals surface area contributed by atoms with Gasteiger partial charge in [-0.2, -0.15) is 0 Å². The Bertz CT molecular complexity index is 829. The zero-order valence-electron chi connectivity index (χ0n) is 13.2. The van der Waals surface area contributed by atoms with Crippen LogP contribution in [-0.4, -0.2) is 26.2 Å². The third kappa shape index (κ3) is 4.07. The highest BCUT2D eigenvalue weighted by Gasteiger charge is 2.19. The van der Waals surface area contributed by atoms with Gasteiger partial charge in [0.05, 0.1) is 41.6 Å². The Kier molecular flexibility index (Phi) is 5.81. The number of rotatable bonds is 3. The van der Waals surface area contributed by atoms with Crippen LogP contribution in [0.25, 0.3) is 0 Å². The summed E-state index contributed by atoms with van der Waals surface area (Å²) < 4.78 is 17.3. The van der Waals surface area contributed by atoms with E-state index in [0.29, 0.717) is 51.8 Å². The number of amides is 1. The standard InChI is InChI=1S/C17H14Cl2INO4/c1-23-14-7-12(20)10(18)5-9(14)17(22)21-13-8-16-15(6-11(13)19)24-3-2-4-25-16/h5-8H,2-4H2,1H3,(H,21,22). The zero-order chi connectivity index (χ0) is 18.0. The van der Waals surface area contributed by atoms with Crippen LogP contribution in [-0.2, 0) is 0 Å². The van der Waals surface area contributed by atoms with E-state index < -0.39 is 0 Å². The summed E-state index contributed by atoms with van der Waals surface area (Å²) in [4.78, 5) is 12.7. The van der Waals surface area contributed by atoms with Gasteiger partial charge in [0, 0.05) is 22.1 Å². The molecule has 0 unspecified atom stereocenters. The predicted octanol–water partition coefficient (Wildman–Crippen LogP) is 5.02. The Morgan fingerprint density at radius 1 is 1.12 bits per heavy atom. The molecule has 1 aliphatic heterocycles. The van der Waals surface area contributed by atoms with Crippen LogP contribution in [0.1, 0.15) is 16.8 Å². The lowest BCUT2D eigenvalue weighted by Gasteiger charge is -2.14. The molecule has 0 saturated carbocycles. The maximum absolute atomic E-state index is 12.7. The van der Waals surface area contributed by atoms with Crippen molar-refractivity contribution in [2.24, 2.45) is 0 Å². The van der Waals surface area contributed by atoms with Crippen molar-refractivity contribution in [3.8, 4) is 17.2 Å². The molecule has 0 radical (unpaired) electrons. The van der Waals surface area contributed by atoms with Gasteiger partial charge in [0.2, 0.25) is 0 Å². The number of carbonyl (C=O) groups excluding carboxylic acids is 1. The van der Waals surface area contributed by atoms with Gasteiger partial charge in [-0.1, -0.05) is 23.2 Å². The quantitative estimate of drug-likeness (QED) is 0.610. The fourth-order valence-corrected chi connectivity index (χ4v) is 3.15. The van der Waals surface area contributed by atoms with Crippen molar-refractivity contribution in [2.75, 3.05) is 25.6 Å². The van der Waals surface area contributed by atoms with E-state index in [0.717, 1.165) is 9.99 Å². The number of carbonyl (C=O) groups is 1. The van der Waals surface area contributed by atoms with Gasteiger partial charge in [-0.25, -0.2) is 0 Å². The lowest BCUT2D eigenvalue weighted by Crippen LogP contribution is -2.14. The Labute approximate surface area is 168 Å². The second-order valence-corrected chi connectivity index (χ2v) is 7.23. The van der Waals surface area contributed by atoms with Crippen molar-refractivity contribution in [1.82, 2.24) is 0 Å². The summed E-state index contributed by atoms with van der Waals surface area (Å²) >= 11 is 14.5. The number of fused-ring (bicyclic) bond motifs is 1. The Hall–Kier alpha value is -1.38. The van der Waals surface area contributed by atoms with Crippen LogP contribution in [0.3, 0.4) is 0 Å². The zero-order valence-corrected chi connectivity index (χ0v) is 16.9. The maximum Gasteiger partial charge on any atom is 0.259 e. The van der Waals surface area contributed by atoms with Crippen LogP contribution in [0.4, 0.5) is 5.69 Å². The van der Waals surface area contributed by atoms with Crippen LogP contribution in [0.2, 0.25) is 10.0 Å². The molecule has 2 aromatic rings. The maximum atomic E-state index is 12.7. The van der Waals surface area contributed by atoms with E-state index in [2.05, 4.69) is 27.9 Å². The van der Waals surface area contributed by atoms with Gasteiger partial charge in [-0.15, -0.1) is 0 Å². The van der Waals surface area contributed by atoms with Crippen molar-refractivity contribution in [2.45, 2.75) is 6.42 Å². The van der Waals surface area contributed by atoms with Crippen LogP contribution < -0.4 is 19.5 Å². The summed E-state index contributed by atoms with van der Waals surface area (Å²) in [6, 6.07) is 6.56. The molecule has 25 heavy (non-hydrogen) atoms. The molecular formula is C17H14Cl2INO4. The highest BCUT2D eigenvalue weighted by atomic mass is 127. The van der Waals surface area contributed by atoms with E-state index in [1.54, 1.807) is 24.3 Å². The third-order valence-corrected chi connectivity index (χ3v) is 5.41. The minimum Gasteiger partial charge on any atom is -0.496 e. The summed E-state index contributed by atoms with van der Waals surface area (Å²) in [5.74, 6) is 1.16. The number of ether oxygens (including phenoxy) is 3. The summed E-state index contributed by atoms with van der Waals surface area (Å²) in [7, 11) is 1.50. The lowest BCUT2D eigenvalue weighted by atomic mass is 10.1. The van der Waals surface area contributed by atoms with Crippen LogP contribution in [0.15, 0.2) is 24.3 Å². The number of methoxy groups -OCH3 is 1. The topological polar surface area (TPSA) is 56.8 Å². The Morgan fingerprint density at radius 2 is 1.80 bits per heavy atom. The smallest absolute Gasteiger partial charge is 0.259 e. The van der Waals surface area contributed by atoms with Gasteiger partial charge in [-0.3, -0.25) is 4.79 Å². The van der Waals surface area contributed by atoms with Crippen molar-refractivity contribution >= 4 is 57.4 Å². The first-order valence-corrected chi connectivity index (χ1v) is 9.26. The summed E-state index contributed by atoms with van der Waals surface area (Å²) in [6.07, 6.45) is 0.784. The number of nitrogens with one attached hydrogen (secondary N) is 1. The van der Waals surface area contributed by atoms with E-state index in [9.17, 15) is 4.79 Å². The molecule has 0 spiro atoms. The Morgan fingerprint density at radius 3 is 2.48 bits per heavy atom. The molecule has 0 aliphatic carbocycles. The van der Waals surface area contributed by atoms with Gasteiger partial charge < -0.3 is 19.5 Å². The molecule has 0 aromatic heterocycles. The molecule has 132 valence electrons. The fourth-order valence-electron chi connectivity index (χ4n) is 2.34. The first kappa shape index (κ1) is 18.4. The SMILES string of the molecule is COc1cc(I)c(Cl)cc1C(=O)Nc1cc2c(cc1Cl)OCCCO2. The number of anilines is 1. The molecule has 1 heterocycles. The summed E-state index contributed by atoms with van der Waals surface area (Å²) in [5.41, 5.74) is 0.740. The molecule has 5 nitrogen and oxygen atoms in total. The third-order valence-electron chi connectivity index (χ3n) is 3.57. The molecule has 1 aliphatic rings. The molecule has 8 heteroatoms. The molecule has 2 aromatic carbocycles. The molecule has 3 rings (SSSR count). The average Bonchev–Trinajstić information content (AvgIpc) is 2.82. The van der Waals surface area contributed by atoms with Crippen molar-refractivity contribution in [3.63, 3.8) is 0 Å². The minimum atomic E-state index is -0.383. The highest BCUT2D eigenvalue weighted by molar-refractivity contribution is 14.1. The van der Waals surface area contributed by atoms with Gasteiger partial charge in [0.25, 0.3) is 5.91 Å². The monoisotopic (exact) mass is 493 g/mol. The van der Waals surface area contributed by atoms with Crippen molar-refractivity contribution in [3.05, 3.63) is 43.4 Å². The van der Waals surface area contributed by atoms with E-state index in [4.69, 9.17) is 37.4 Å². The van der Waals surface area contributed by atoms with Crippen LogP contribution in [0.5, 0.6) is 17.2 Å².